The van der Waals surface area contributed by atoms with Gasteiger partial charge in [-0.2, -0.15) is 5.10 Å². The second-order valence-electron chi connectivity index (χ2n) is 4.24. The Kier molecular flexibility index (Phi) is 3.32. The molecule has 2 rings (SSSR count). The number of nitrogens with one attached hydrogen (secondary N) is 1. The van der Waals surface area contributed by atoms with Gasteiger partial charge in [-0.3, -0.25) is 9.40 Å². The number of benzene rings is 1. The molecule has 0 aliphatic rings. The van der Waals surface area contributed by atoms with Crippen LogP contribution in [0.25, 0.3) is 0 Å². The molecule has 1 aromatic carbocycles. The zero-order valence-corrected chi connectivity index (χ0v) is 11.6. The number of hydrogen-bond donors (Lipinski definition) is 1. The van der Waals surface area contributed by atoms with Crippen LogP contribution in [0.15, 0.2) is 29.2 Å². The average molecular weight is 283 g/mol. The molecule has 1 N–H and O–H groups in total. The highest BCUT2D eigenvalue weighted by Gasteiger charge is 2.23. The lowest BCUT2D eigenvalue weighted by Crippen LogP contribution is -2.14. The number of rotatable bonds is 3. The second-order valence-corrected chi connectivity index (χ2v) is 5.86. The molecule has 0 amide bonds. The number of aryl methyl sites for hydroxylation is 2. The zero-order chi connectivity index (χ0) is 14.2. The summed E-state index contributed by atoms with van der Waals surface area (Å²) in [6.07, 6.45) is 0. The standard InChI is InChI=1S/C12H14FN3O2S/c1-8-12(9(2)16(3)14-8)19(17,18)15-11-6-4-10(13)5-7-11/h4-7,15H,1-3H3. The fourth-order valence-corrected chi connectivity index (χ4v) is 3.37. The molecule has 19 heavy (non-hydrogen) atoms. The van der Waals surface area contributed by atoms with Crippen molar-refractivity contribution in [2.24, 2.45) is 7.05 Å². The van der Waals surface area contributed by atoms with Crippen molar-refractivity contribution >= 4 is 15.7 Å². The number of halogens is 1. The van der Waals surface area contributed by atoms with Crippen LogP contribution in [0.3, 0.4) is 0 Å². The summed E-state index contributed by atoms with van der Waals surface area (Å²) >= 11 is 0. The second kappa shape index (κ2) is 4.65. The molecule has 0 radical (unpaired) electrons. The van der Waals surface area contributed by atoms with E-state index >= 15 is 0 Å². The maximum atomic E-state index is 12.8. The summed E-state index contributed by atoms with van der Waals surface area (Å²) in [5.41, 5.74) is 1.28. The first-order valence-electron chi connectivity index (χ1n) is 5.60. The first-order chi connectivity index (χ1) is 8.81. The van der Waals surface area contributed by atoms with Crippen molar-refractivity contribution in [3.05, 3.63) is 41.5 Å². The molecule has 1 heterocycles. The molecule has 0 aliphatic carbocycles. The molecule has 0 saturated carbocycles. The Morgan fingerprint density at radius 3 is 2.26 bits per heavy atom. The van der Waals surface area contributed by atoms with E-state index in [1.165, 1.54) is 28.9 Å². The Hall–Kier alpha value is -1.89. The van der Waals surface area contributed by atoms with Crippen LogP contribution in [0, 0.1) is 19.7 Å². The van der Waals surface area contributed by atoms with Crippen molar-refractivity contribution in [3.63, 3.8) is 0 Å². The largest absolute Gasteiger partial charge is 0.280 e. The Balaban J connectivity index is 2.40. The summed E-state index contributed by atoms with van der Waals surface area (Å²) < 4.78 is 41.3. The highest BCUT2D eigenvalue weighted by Crippen LogP contribution is 2.22. The summed E-state index contributed by atoms with van der Waals surface area (Å²) in [5, 5.41) is 4.07. The maximum Gasteiger partial charge on any atom is 0.265 e. The highest BCUT2D eigenvalue weighted by atomic mass is 32.2. The van der Waals surface area contributed by atoms with Gasteiger partial charge in [-0.1, -0.05) is 0 Å². The Labute approximate surface area is 111 Å². The first-order valence-corrected chi connectivity index (χ1v) is 7.08. The third-order valence-electron chi connectivity index (χ3n) is 2.81. The van der Waals surface area contributed by atoms with E-state index < -0.39 is 15.8 Å². The van der Waals surface area contributed by atoms with Crippen LogP contribution in [0.4, 0.5) is 10.1 Å². The van der Waals surface area contributed by atoms with E-state index in [2.05, 4.69) is 9.82 Å². The predicted molar refractivity (Wildman–Crippen MR) is 69.9 cm³/mol. The van der Waals surface area contributed by atoms with Crippen molar-refractivity contribution in [3.8, 4) is 0 Å². The fourth-order valence-electron chi connectivity index (χ4n) is 1.87. The maximum absolute atomic E-state index is 12.8. The number of sulfonamides is 1. The molecule has 0 fully saturated rings. The van der Waals surface area contributed by atoms with Crippen LogP contribution in [-0.4, -0.2) is 18.2 Å². The molecule has 0 bridgehead atoms. The van der Waals surface area contributed by atoms with E-state index in [0.717, 1.165) is 0 Å². The third-order valence-corrected chi connectivity index (χ3v) is 4.44. The van der Waals surface area contributed by atoms with Crippen LogP contribution in [-0.2, 0) is 17.1 Å². The van der Waals surface area contributed by atoms with Gasteiger partial charge in [-0.25, -0.2) is 12.8 Å². The lowest BCUT2D eigenvalue weighted by molar-refractivity contribution is 0.599. The first kappa shape index (κ1) is 13.5. The van der Waals surface area contributed by atoms with Crippen molar-refractivity contribution in [2.45, 2.75) is 18.7 Å². The van der Waals surface area contributed by atoms with Crippen molar-refractivity contribution in [1.82, 2.24) is 9.78 Å². The lowest BCUT2D eigenvalue weighted by atomic mass is 10.3. The SMILES string of the molecule is Cc1nn(C)c(C)c1S(=O)(=O)Nc1ccc(F)cc1. The van der Waals surface area contributed by atoms with Gasteiger partial charge in [0.15, 0.2) is 0 Å². The van der Waals surface area contributed by atoms with Gasteiger partial charge >= 0.3 is 0 Å². The summed E-state index contributed by atoms with van der Waals surface area (Å²) in [5.74, 6) is -0.420. The van der Waals surface area contributed by atoms with Crippen molar-refractivity contribution < 1.29 is 12.8 Å². The Bertz CT molecular complexity index is 705. The van der Waals surface area contributed by atoms with E-state index in [1.54, 1.807) is 20.9 Å². The van der Waals surface area contributed by atoms with Crippen LogP contribution >= 0.6 is 0 Å². The zero-order valence-electron chi connectivity index (χ0n) is 10.8. The molecule has 2 aromatic rings. The minimum Gasteiger partial charge on any atom is -0.280 e. The molecule has 0 atom stereocenters. The molecule has 1 aromatic heterocycles. The molecule has 0 spiro atoms. The van der Waals surface area contributed by atoms with E-state index in [1.807, 2.05) is 0 Å². The summed E-state index contributed by atoms with van der Waals surface area (Å²) in [6, 6.07) is 5.13. The molecule has 7 heteroatoms. The minimum atomic E-state index is -3.72. The number of hydrogen-bond acceptors (Lipinski definition) is 3. The van der Waals surface area contributed by atoms with Crippen LogP contribution in [0.1, 0.15) is 11.4 Å². The van der Waals surface area contributed by atoms with Crippen molar-refractivity contribution in [2.75, 3.05) is 4.72 Å². The molecular formula is C12H14FN3O2S. The quantitative estimate of drug-likeness (QED) is 0.936. The van der Waals surface area contributed by atoms with E-state index in [4.69, 9.17) is 0 Å². The summed E-state index contributed by atoms with van der Waals surface area (Å²) in [6.45, 7) is 3.31. The molecule has 0 saturated heterocycles. The Morgan fingerprint density at radius 1 is 1.21 bits per heavy atom. The minimum absolute atomic E-state index is 0.152. The average Bonchev–Trinajstić information content (AvgIpc) is 2.56. The van der Waals surface area contributed by atoms with E-state index in [9.17, 15) is 12.8 Å². The van der Waals surface area contributed by atoms with Crippen LogP contribution in [0.2, 0.25) is 0 Å². The molecule has 102 valence electrons. The van der Waals surface area contributed by atoms with Gasteiger partial charge < -0.3 is 0 Å². The van der Waals surface area contributed by atoms with E-state index in [0.29, 0.717) is 17.1 Å². The number of anilines is 1. The van der Waals surface area contributed by atoms with Crippen LogP contribution in [0.5, 0.6) is 0 Å². The van der Waals surface area contributed by atoms with Gasteiger partial charge in [0, 0.05) is 12.7 Å². The van der Waals surface area contributed by atoms with Gasteiger partial charge in [0.05, 0.1) is 11.4 Å². The molecular weight excluding hydrogens is 269 g/mol. The number of aromatic nitrogens is 2. The topological polar surface area (TPSA) is 64.0 Å². The molecule has 5 nitrogen and oxygen atoms in total. The third kappa shape index (κ3) is 2.60. The lowest BCUT2D eigenvalue weighted by Gasteiger charge is -2.08. The fraction of sp³-hybridized carbons (Fsp3) is 0.250. The van der Waals surface area contributed by atoms with E-state index in [-0.39, 0.29) is 4.90 Å². The summed E-state index contributed by atoms with van der Waals surface area (Å²) in [4.78, 5) is 0.152. The molecule has 0 aliphatic heterocycles. The smallest absolute Gasteiger partial charge is 0.265 e. The normalized spacial score (nSPS) is 11.6. The van der Waals surface area contributed by atoms with Gasteiger partial charge in [0.1, 0.15) is 10.7 Å². The van der Waals surface area contributed by atoms with Gasteiger partial charge in [0.2, 0.25) is 0 Å². The number of nitrogens with zero attached hydrogens (tertiary/aromatic N) is 2. The monoisotopic (exact) mass is 283 g/mol. The Morgan fingerprint density at radius 2 is 1.79 bits per heavy atom. The molecule has 0 unspecified atom stereocenters. The predicted octanol–water partition coefficient (Wildman–Crippen LogP) is 1.98. The van der Waals surface area contributed by atoms with Gasteiger partial charge in [-0.15, -0.1) is 0 Å². The van der Waals surface area contributed by atoms with Crippen LogP contribution < -0.4 is 4.72 Å². The van der Waals surface area contributed by atoms with Gasteiger partial charge in [0.25, 0.3) is 10.0 Å². The van der Waals surface area contributed by atoms with Gasteiger partial charge in [-0.05, 0) is 38.1 Å². The van der Waals surface area contributed by atoms with Crippen molar-refractivity contribution in [1.29, 1.82) is 0 Å². The summed E-state index contributed by atoms with van der Waals surface area (Å²) in [7, 11) is -2.04. The highest BCUT2D eigenvalue weighted by molar-refractivity contribution is 7.92.